The smallest absolute Gasteiger partial charge is 0.154 e. The molecule has 0 spiro atoms. The molecule has 0 aliphatic carbocycles. The third-order valence-electron chi connectivity index (χ3n) is 2.67. The van der Waals surface area contributed by atoms with Crippen molar-refractivity contribution in [1.82, 2.24) is 10.3 Å². The zero-order valence-corrected chi connectivity index (χ0v) is 13.5. The van der Waals surface area contributed by atoms with Gasteiger partial charge < -0.3 is 5.32 Å². The van der Waals surface area contributed by atoms with Crippen LogP contribution in [0.4, 0.5) is 0 Å². The molecule has 0 amide bonds. The molecule has 4 heteroatoms. The van der Waals surface area contributed by atoms with E-state index >= 15 is 0 Å². The molecule has 1 N–H and O–H groups in total. The Morgan fingerprint density at radius 3 is 2.68 bits per heavy atom. The number of aromatic nitrogens is 1. The van der Waals surface area contributed by atoms with Crippen molar-refractivity contribution in [1.29, 1.82) is 0 Å². The van der Waals surface area contributed by atoms with Crippen LogP contribution in [0.15, 0.2) is 39.0 Å². The average molecular weight is 292 g/mol. The molecule has 102 valence electrons. The van der Waals surface area contributed by atoms with Gasteiger partial charge in [0, 0.05) is 28.6 Å². The van der Waals surface area contributed by atoms with E-state index < -0.39 is 0 Å². The maximum absolute atomic E-state index is 4.31. The first-order valence-corrected chi connectivity index (χ1v) is 8.05. The van der Waals surface area contributed by atoms with Crippen LogP contribution >= 0.6 is 23.1 Å². The summed E-state index contributed by atoms with van der Waals surface area (Å²) < 4.78 is 1.10. The molecular weight excluding hydrogens is 272 g/mol. The quantitative estimate of drug-likeness (QED) is 0.898. The molecule has 0 saturated heterocycles. The van der Waals surface area contributed by atoms with Gasteiger partial charge in [0.1, 0.15) is 0 Å². The van der Waals surface area contributed by atoms with Crippen LogP contribution in [0.1, 0.15) is 31.9 Å². The van der Waals surface area contributed by atoms with Gasteiger partial charge in [-0.3, -0.25) is 0 Å². The standard InChI is InChI=1S/C15H20N2S2/c1-11-9-12(10-17-15(2,3)4)5-6-13(11)19-14-16-7-8-18-14/h5-9,17H,10H2,1-4H3. The lowest BCUT2D eigenvalue weighted by Crippen LogP contribution is -2.35. The highest BCUT2D eigenvalue weighted by Gasteiger charge is 2.09. The van der Waals surface area contributed by atoms with Crippen LogP contribution in [-0.2, 0) is 6.54 Å². The zero-order valence-electron chi connectivity index (χ0n) is 11.9. The Kier molecular flexibility index (Phi) is 4.66. The number of nitrogens with one attached hydrogen (secondary N) is 1. The third kappa shape index (κ3) is 4.64. The van der Waals surface area contributed by atoms with Crippen molar-refractivity contribution in [3.8, 4) is 0 Å². The van der Waals surface area contributed by atoms with E-state index in [0.717, 1.165) is 10.9 Å². The normalized spacial score (nSPS) is 11.8. The minimum Gasteiger partial charge on any atom is -0.308 e. The van der Waals surface area contributed by atoms with Crippen LogP contribution < -0.4 is 5.32 Å². The van der Waals surface area contributed by atoms with Gasteiger partial charge in [-0.05, 0) is 44.9 Å². The number of rotatable bonds is 4. The Bertz CT molecular complexity index is 528. The number of hydrogen-bond donors (Lipinski definition) is 1. The SMILES string of the molecule is Cc1cc(CNC(C)(C)C)ccc1Sc1nccs1. The van der Waals surface area contributed by atoms with E-state index in [1.165, 1.54) is 16.0 Å². The molecule has 0 aliphatic rings. The maximum Gasteiger partial charge on any atom is 0.154 e. The van der Waals surface area contributed by atoms with E-state index in [4.69, 9.17) is 0 Å². The van der Waals surface area contributed by atoms with E-state index in [1.54, 1.807) is 23.1 Å². The van der Waals surface area contributed by atoms with Gasteiger partial charge in [0.05, 0.1) is 0 Å². The minimum atomic E-state index is 0.155. The summed E-state index contributed by atoms with van der Waals surface area (Å²) in [6.07, 6.45) is 1.85. The lowest BCUT2D eigenvalue weighted by molar-refractivity contribution is 0.424. The topological polar surface area (TPSA) is 24.9 Å². The first kappa shape index (κ1) is 14.6. The summed E-state index contributed by atoms with van der Waals surface area (Å²) in [5, 5.41) is 5.53. The monoisotopic (exact) mass is 292 g/mol. The second kappa shape index (κ2) is 6.07. The van der Waals surface area contributed by atoms with Crippen LogP contribution in [-0.4, -0.2) is 10.5 Å². The molecule has 0 aliphatic heterocycles. The third-order valence-corrected chi connectivity index (χ3v) is 4.73. The maximum atomic E-state index is 4.31. The molecule has 1 aromatic heterocycles. The number of thiazole rings is 1. The first-order chi connectivity index (χ1) is 8.94. The molecule has 2 rings (SSSR count). The van der Waals surface area contributed by atoms with Gasteiger partial charge in [-0.1, -0.05) is 23.9 Å². The summed E-state index contributed by atoms with van der Waals surface area (Å²) in [4.78, 5) is 5.60. The predicted octanol–water partition coefficient (Wildman–Crippen LogP) is 4.49. The van der Waals surface area contributed by atoms with Crippen molar-refractivity contribution in [2.24, 2.45) is 0 Å². The Balaban J connectivity index is 2.05. The summed E-state index contributed by atoms with van der Waals surface area (Å²) in [6, 6.07) is 6.65. The molecule has 0 bridgehead atoms. The van der Waals surface area contributed by atoms with Crippen LogP contribution in [0, 0.1) is 6.92 Å². The Morgan fingerprint density at radius 2 is 2.11 bits per heavy atom. The van der Waals surface area contributed by atoms with Gasteiger partial charge in [-0.2, -0.15) is 0 Å². The molecule has 2 aromatic rings. The zero-order chi connectivity index (χ0) is 13.9. The average Bonchev–Trinajstić information content (AvgIpc) is 2.81. The van der Waals surface area contributed by atoms with E-state index in [9.17, 15) is 0 Å². The van der Waals surface area contributed by atoms with Gasteiger partial charge in [0.2, 0.25) is 0 Å². The number of hydrogen-bond acceptors (Lipinski definition) is 4. The molecule has 0 saturated carbocycles. The highest BCUT2D eigenvalue weighted by atomic mass is 32.2. The van der Waals surface area contributed by atoms with Crippen molar-refractivity contribution in [2.75, 3.05) is 0 Å². The fourth-order valence-corrected chi connectivity index (χ4v) is 3.30. The molecule has 0 radical (unpaired) electrons. The minimum absolute atomic E-state index is 0.155. The molecule has 19 heavy (non-hydrogen) atoms. The van der Waals surface area contributed by atoms with Crippen molar-refractivity contribution in [3.05, 3.63) is 40.9 Å². The van der Waals surface area contributed by atoms with Gasteiger partial charge in [-0.25, -0.2) is 4.98 Å². The summed E-state index contributed by atoms with van der Waals surface area (Å²) >= 11 is 3.42. The Morgan fingerprint density at radius 1 is 1.32 bits per heavy atom. The van der Waals surface area contributed by atoms with Gasteiger partial charge in [0.15, 0.2) is 4.34 Å². The van der Waals surface area contributed by atoms with E-state index in [-0.39, 0.29) is 5.54 Å². The summed E-state index contributed by atoms with van der Waals surface area (Å²) in [7, 11) is 0. The van der Waals surface area contributed by atoms with E-state index in [1.807, 2.05) is 11.6 Å². The highest BCUT2D eigenvalue weighted by molar-refractivity contribution is 8.01. The van der Waals surface area contributed by atoms with E-state index in [2.05, 4.69) is 56.2 Å². The second-order valence-electron chi connectivity index (χ2n) is 5.60. The van der Waals surface area contributed by atoms with Gasteiger partial charge in [0.25, 0.3) is 0 Å². The van der Waals surface area contributed by atoms with Crippen LogP contribution in [0.3, 0.4) is 0 Å². The largest absolute Gasteiger partial charge is 0.308 e. The number of nitrogens with zero attached hydrogens (tertiary/aromatic N) is 1. The lowest BCUT2D eigenvalue weighted by Gasteiger charge is -2.20. The highest BCUT2D eigenvalue weighted by Crippen LogP contribution is 2.31. The predicted molar refractivity (Wildman–Crippen MR) is 84.0 cm³/mol. The van der Waals surface area contributed by atoms with Crippen LogP contribution in [0.25, 0.3) is 0 Å². The molecule has 0 unspecified atom stereocenters. The Labute approximate surface area is 123 Å². The van der Waals surface area contributed by atoms with Crippen molar-refractivity contribution in [3.63, 3.8) is 0 Å². The molecule has 0 atom stereocenters. The second-order valence-corrected chi connectivity index (χ2v) is 7.79. The van der Waals surface area contributed by atoms with Gasteiger partial charge >= 0.3 is 0 Å². The summed E-state index contributed by atoms with van der Waals surface area (Å²) in [5.41, 5.74) is 2.80. The number of aryl methyl sites for hydroxylation is 1. The number of benzene rings is 1. The molecule has 0 fully saturated rings. The van der Waals surface area contributed by atoms with Gasteiger partial charge in [-0.15, -0.1) is 11.3 Å². The van der Waals surface area contributed by atoms with Crippen molar-refractivity contribution < 1.29 is 0 Å². The van der Waals surface area contributed by atoms with Crippen molar-refractivity contribution in [2.45, 2.75) is 49.0 Å². The summed E-state index contributed by atoms with van der Waals surface area (Å²) in [6.45, 7) is 9.63. The molecule has 1 heterocycles. The lowest BCUT2D eigenvalue weighted by atomic mass is 10.1. The summed E-state index contributed by atoms with van der Waals surface area (Å²) in [5.74, 6) is 0. The Hall–Kier alpha value is -0.840. The van der Waals surface area contributed by atoms with Crippen molar-refractivity contribution >= 4 is 23.1 Å². The molecule has 2 nitrogen and oxygen atoms in total. The molecular formula is C15H20N2S2. The molecule has 1 aromatic carbocycles. The van der Waals surface area contributed by atoms with Crippen LogP contribution in [0.5, 0.6) is 0 Å². The fourth-order valence-electron chi connectivity index (χ4n) is 1.66. The van der Waals surface area contributed by atoms with E-state index in [0.29, 0.717) is 0 Å². The fraction of sp³-hybridized carbons (Fsp3) is 0.400. The van der Waals surface area contributed by atoms with Crippen LogP contribution in [0.2, 0.25) is 0 Å². The first-order valence-electron chi connectivity index (χ1n) is 6.36.